The molecule has 0 amide bonds. The van der Waals surface area contributed by atoms with Gasteiger partial charge in [0.25, 0.3) is 0 Å². The second kappa shape index (κ2) is 3.59. The Bertz CT molecular complexity index is 349. The molecule has 1 aliphatic heterocycles. The van der Waals surface area contributed by atoms with E-state index in [1.165, 1.54) is 11.1 Å². The topological polar surface area (TPSA) is 12.4 Å². The van der Waals surface area contributed by atoms with Crippen molar-refractivity contribution in [1.82, 2.24) is 0 Å². The first-order valence-electron chi connectivity index (χ1n) is 4.75. The van der Waals surface area contributed by atoms with Gasteiger partial charge >= 0.3 is 0 Å². The molecule has 1 aliphatic carbocycles. The minimum atomic E-state index is 0.553. The van der Waals surface area contributed by atoms with E-state index < -0.39 is 0 Å². The van der Waals surface area contributed by atoms with Crippen LogP contribution in [0.1, 0.15) is 19.8 Å². The Morgan fingerprint density at radius 2 is 2.54 bits per heavy atom. The van der Waals surface area contributed by atoms with Crippen molar-refractivity contribution < 1.29 is 0 Å². The van der Waals surface area contributed by atoms with Crippen molar-refractivity contribution in [2.45, 2.75) is 19.8 Å². The molecule has 0 aromatic heterocycles. The lowest BCUT2D eigenvalue weighted by atomic mass is 9.87. The van der Waals surface area contributed by atoms with Crippen LogP contribution >= 0.6 is 0 Å². The second-order valence-electron chi connectivity index (χ2n) is 3.35. The summed E-state index contributed by atoms with van der Waals surface area (Å²) in [4.78, 5) is 4.17. The maximum absolute atomic E-state index is 4.17. The second-order valence-corrected chi connectivity index (χ2v) is 3.35. The van der Waals surface area contributed by atoms with Crippen LogP contribution in [0.2, 0.25) is 0 Å². The van der Waals surface area contributed by atoms with E-state index in [1.54, 1.807) is 6.20 Å². The summed E-state index contributed by atoms with van der Waals surface area (Å²) in [6, 6.07) is 0. The Labute approximate surface area is 78.9 Å². The van der Waals surface area contributed by atoms with Crippen molar-refractivity contribution in [2.24, 2.45) is 10.9 Å². The molecule has 0 N–H and O–H groups in total. The van der Waals surface area contributed by atoms with E-state index in [1.807, 2.05) is 6.21 Å². The van der Waals surface area contributed by atoms with Gasteiger partial charge in [-0.2, -0.15) is 0 Å². The molecule has 2 rings (SSSR count). The summed E-state index contributed by atoms with van der Waals surface area (Å²) in [7, 11) is 0. The van der Waals surface area contributed by atoms with Crippen LogP contribution in [0.5, 0.6) is 0 Å². The molecule has 1 nitrogen and oxygen atoms in total. The summed E-state index contributed by atoms with van der Waals surface area (Å²) in [5, 5.41) is 0. The zero-order chi connectivity index (χ0) is 9.10. The molecular formula is C12H13N. The highest BCUT2D eigenvalue weighted by molar-refractivity contribution is 5.83. The first-order chi connectivity index (χ1) is 6.42. The average Bonchev–Trinajstić information content (AvgIpc) is 2.41. The number of aliphatic imine (C=N–C) groups is 1. The summed E-state index contributed by atoms with van der Waals surface area (Å²) < 4.78 is 0. The summed E-state index contributed by atoms with van der Waals surface area (Å²) in [5.74, 6) is 0.553. The minimum absolute atomic E-state index is 0.553. The van der Waals surface area contributed by atoms with Gasteiger partial charge in [-0.1, -0.05) is 19.1 Å². The Morgan fingerprint density at radius 3 is 3.38 bits per heavy atom. The fraction of sp³-hybridized carbons (Fsp3) is 0.333. The fourth-order valence-electron chi connectivity index (χ4n) is 1.79. The van der Waals surface area contributed by atoms with Gasteiger partial charge < -0.3 is 0 Å². The molecule has 66 valence electrons. The van der Waals surface area contributed by atoms with Crippen molar-refractivity contribution in [3.63, 3.8) is 0 Å². The van der Waals surface area contributed by atoms with Gasteiger partial charge in [-0.05, 0) is 30.1 Å². The Kier molecular flexibility index (Phi) is 2.29. The molecule has 0 saturated heterocycles. The van der Waals surface area contributed by atoms with Gasteiger partial charge in [-0.25, -0.2) is 0 Å². The van der Waals surface area contributed by atoms with Crippen LogP contribution in [0.3, 0.4) is 0 Å². The molecule has 1 heterocycles. The van der Waals surface area contributed by atoms with E-state index in [2.05, 4.69) is 35.9 Å². The van der Waals surface area contributed by atoms with Crippen molar-refractivity contribution in [3.8, 4) is 0 Å². The van der Waals surface area contributed by atoms with Crippen LogP contribution in [-0.4, -0.2) is 6.21 Å². The Hall–Kier alpha value is -1.33. The molecule has 0 aromatic carbocycles. The number of allylic oxidation sites excluding steroid dienone is 5. The smallest absolute Gasteiger partial charge is 0.0686 e. The van der Waals surface area contributed by atoms with Gasteiger partial charge in [0.15, 0.2) is 0 Å². The first-order valence-corrected chi connectivity index (χ1v) is 4.75. The molecule has 0 spiro atoms. The summed E-state index contributed by atoms with van der Waals surface area (Å²) in [5.41, 5.74) is 5.79. The minimum Gasteiger partial charge on any atom is -0.256 e. The van der Waals surface area contributed by atoms with Crippen molar-refractivity contribution in [3.05, 3.63) is 41.3 Å². The standard InChI is InChI=1S/C12H13N/c1-2-10-5-3-6-11-7-4-8-13-9-12(10)11/h3,5,7-10H,2,6H2,1H3. The van der Waals surface area contributed by atoms with Crippen molar-refractivity contribution >= 4 is 6.21 Å². The van der Waals surface area contributed by atoms with Gasteiger partial charge in [-0.3, -0.25) is 4.99 Å². The lowest BCUT2D eigenvalue weighted by Crippen LogP contribution is -2.07. The third-order valence-corrected chi connectivity index (χ3v) is 2.54. The van der Waals surface area contributed by atoms with Gasteiger partial charge in [0.2, 0.25) is 0 Å². The predicted octanol–water partition coefficient (Wildman–Crippen LogP) is 3.02. The van der Waals surface area contributed by atoms with Crippen molar-refractivity contribution in [2.75, 3.05) is 0 Å². The monoisotopic (exact) mass is 171 g/mol. The third kappa shape index (κ3) is 1.56. The highest BCUT2D eigenvalue weighted by Crippen LogP contribution is 2.27. The Balaban J connectivity index is 2.39. The lowest BCUT2D eigenvalue weighted by Gasteiger charge is -2.18. The molecule has 1 heteroatoms. The summed E-state index contributed by atoms with van der Waals surface area (Å²) in [6.45, 7) is 2.21. The highest BCUT2D eigenvalue weighted by Gasteiger charge is 2.14. The third-order valence-electron chi connectivity index (χ3n) is 2.54. The molecule has 0 saturated carbocycles. The molecule has 0 radical (unpaired) electrons. The van der Waals surface area contributed by atoms with Gasteiger partial charge in [0.1, 0.15) is 0 Å². The van der Waals surface area contributed by atoms with E-state index in [0.717, 1.165) is 12.8 Å². The molecule has 0 fully saturated rings. The van der Waals surface area contributed by atoms with Crippen LogP contribution in [0.15, 0.2) is 46.3 Å². The van der Waals surface area contributed by atoms with E-state index in [-0.39, 0.29) is 0 Å². The highest BCUT2D eigenvalue weighted by atomic mass is 14.7. The number of rotatable bonds is 1. The van der Waals surface area contributed by atoms with E-state index in [4.69, 9.17) is 0 Å². The van der Waals surface area contributed by atoms with Gasteiger partial charge in [-0.15, -0.1) is 5.73 Å². The SMILES string of the molecule is CCC1C=CCC2=C1C=NC=C=C2. The number of hydrogen-bond acceptors (Lipinski definition) is 1. The van der Waals surface area contributed by atoms with Crippen LogP contribution in [0, 0.1) is 5.92 Å². The number of nitrogens with zero attached hydrogens (tertiary/aromatic N) is 1. The summed E-state index contributed by atoms with van der Waals surface area (Å²) >= 11 is 0. The quantitative estimate of drug-likeness (QED) is 0.425. The largest absolute Gasteiger partial charge is 0.256 e. The van der Waals surface area contributed by atoms with Gasteiger partial charge in [0, 0.05) is 12.1 Å². The van der Waals surface area contributed by atoms with Crippen LogP contribution in [-0.2, 0) is 0 Å². The maximum Gasteiger partial charge on any atom is 0.0686 e. The van der Waals surface area contributed by atoms with Crippen LogP contribution < -0.4 is 0 Å². The molecule has 2 aliphatic rings. The lowest BCUT2D eigenvalue weighted by molar-refractivity contribution is 0.734. The summed E-state index contributed by atoms with van der Waals surface area (Å²) in [6.07, 6.45) is 12.4. The molecule has 0 aromatic rings. The molecule has 1 atom stereocenters. The molecule has 0 bridgehead atoms. The molecule has 1 unspecified atom stereocenters. The van der Waals surface area contributed by atoms with E-state index in [9.17, 15) is 0 Å². The fourth-order valence-corrected chi connectivity index (χ4v) is 1.79. The molecular weight excluding hydrogens is 158 g/mol. The molecule has 13 heavy (non-hydrogen) atoms. The van der Waals surface area contributed by atoms with Gasteiger partial charge in [0.05, 0.1) is 6.20 Å². The normalized spacial score (nSPS) is 24.8. The average molecular weight is 171 g/mol. The zero-order valence-corrected chi connectivity index (χ0v) is 7.83. The maximum atomic E-state index is 4.17. The Morgan fingerprint density at radius 1 is 1.62 bits per heavy atom. The van der Waals surface area contributed by atoms with E-state index in [0.29, 0.717) is 5.92 Å². The predicted molar refractivity (Wildman–Crippen MR) is 55.7 cm³/mol. The zero-order valence-electron chi connectivity index (χ0n) is 7.83. The van der Waals surface area contributed by atoms with E-state index >= 15 is 0 Å². The van der Waals surface area contributed by atoms with Crippen molar-refractivity contribution in [1.29, 1.82) is 0 Å². The first kappa shape index (κ1) is 8.28. The van der Waals surface area contributed by atoms with Crippen LogP contribution in [0.4, 0.5) is 0 Å². The number of hydrogen-bond donors (Lipinski definition) is 0. The van der Waals surface area contributed by atoms with Crippen LogP contribution in [0.25, 0.3) is 0 Å².